The number of hydrogen-bond acceptors (Lipinski definition) is 3. The van der Waals surface area contributed by atoms with Gasteiger partial charge in [0, 0.05) is 27.8 Å². The van der Waals surface area contributed by atoms with Crippen LogP contribution in [0.25, 0.3) is 22.1 Å². The van der Waals surface area contributed by atoms with Gasteiger partial charge in [0.25, 0.3) is 0 Å². The number of anilines is 3. The van der Waals surface area contributed by atoms with Crippen molar-refractivity contribution in [2.75, 3.05) is 4.90 Å². The highest BCUT2D eigenvalue weighted by Gasteiger charge is 2.47. The first-order valence-corrected chi connectivity index (χ1v) is 17.4. The molecule has 3 aliphatic rings. The van der Waals surface area contributed by atoms with Crippen LogP contribution >= 0.6 is 0 Å². The fourth-order valence-corrected chi connectivity index (χ4v) is 8.46. The molecule has 9 rings (SSSR count). The Morgan fingerprint density at radius 1 is 0.708 bits per heavy atom. The first-order chi connectivity index (χ1) is 22.9. The third kappa shape index (κ3) is 4.21. The molecule has 2 aliphatic heterocycles. The summed E-state index contributed by atoms with van der Waals surface area (Å²) in [6, 6.07) is 37.6. The third-order valence-electron chi connectivity index (χ3n) is 11.3. The summed E-state index contributed by atoms with van der Waals surface area (Å²) in [5.74, 6) is 1.81. The van der Waals surface area contributed by atoms with Crippen molar-refractivity contribution in [2.24, 2.45) is 0 Å². The van der Waals surface area contributed by atoms with Crippen LogP contribution in [0.4, 0.5) is 17.1 Å². The molecule has 0 radical (unpaired) electrons. The summed E-state index contributed by atoms with van der Waals surface area (Å²) in [5.41, 5.74) is 14.2. The molecule has 0 saturated heterocycles. The zero-order valence-electron chi connectivity index (χ0n) is 29.1. The van der Waals surface area contributed by atoms with E-state index in [9.17, 15) is 0 Å². The third-order valence-corrected chi connectivity index (χ3v) is 11.3. The maximum Gasteiger partial charge on any atom is 0.301 e. The van der Waals surface area contributed by atoms with Gasteiger partial charge in [-0.05, 0) is 93.2 Å². The van der Waals surface area contributed by atoms with E-state index in [4.69, 9.17) is 9.15 Å². The highest BCUT2D eigenvalue weighted by molar-refractivity contribution is 6.98. The predicted molar refractivity (Wildman–Crippen MR) is 201 cm³/mol. The number of ether oxygens (including phenoxy) is 1. The van der Waals surface area contributed by atoms with Crippen LogP contribution in [0.2, 0.25) is 0 Å². The Morgan fingerprint density at radius 3 is 2.21 bits per heavy atom. The van der Waals surface area contributed by atoms with Crippen LogP contribution in [-0.4, -0.2) is 6.71 Å². The maximum absolute atomic E-state index is 7.22. The molecule has 0 N–H and O–H groups in total. The number of fused-ring (bicyclic) bond motifs is 7. The van der Waals surface area contributed by atoms with Gasteiger partial charge in [0.15, 0.2) is 0 Å². The molecule has 0 unspecified atom stereocenters. The van der Waals surface area contributed by atoms with E-state index in [1.165, 1.54) is 46.4 Å². The lowest BCUT2D eigenvalue weighted by molar-refractivity contribution is 0.332. The minimum Gasteiger partial charge on any atom is -0.467 e. The van der Waals surface area contributed by atoms with Crippen molar-refractivity contribution in [1.82, 2.24) is 0 Å². The monoisotopic (exact) mass is 627 g/mol. The molecular weight excluding hydrogens is 585 g/mol. The average Bonchev–Trinajstić information content (AvgIpc) is 3.46. The van der Waals surface area contributed by atoms with E-state index in [0.717, 1.165) is 50.4 Å². The zero-order valence-corrected chi connectivity index (χ0v) is 29.1. The molecule has 0 atom stereocenters. The van der Waals surface area contributed by atoms with Crippen LogP contribution < -0.4 is 26.2 Å². The standard InChI is InChI=1S/C44H42BNO2/c1-42(2,3)28-24-35-38-37(25-28)47-36-19-12-11-18-34(36)45(38)41-39(31-17-13-16-30(40(31)48-41)27-14-9-8-10-15-27)46(35)29-20-21-32-33(26-29)44(6,7)23-22-43(32,4)5/h8-21,24-26H,22-23H2,1-7H3. The lowest BCUT2D eigenvalue weighted by atomic mass is 9.36. The largest absolute Gasteiger partial charge is 0.467 e. The van der Waals surface area contributed by atoms with Crippen molar-refractivity contribution in [3.8, 4) is 22.6 Å². The van der Waals surface area contributed by atoms with Gasteiger partial charge in [0.05, 0.1) is 11.3 Å². The minimum absolute atomic E-state index is 0.0753. The first kappa shape index (κ1) is 29.4. The van der Waals surface area contributed by atoms with Gasteiger partial charge in [-0.2, -0.15) is 0 Å². The number of furan rings is 1. The second-order valence-corrected chi connectivity index (χ2v) is 16.4. The molecule has 0 saturated carbocycles. The molecule has 4 heteroatoms. The highest BCUT2D eigenvalue weighted by Crippen LogP contribution is 2.51. The van der Waals surface area contributed by atoms with E-state index >= 15 is 0 Å². The van der Waals surface area contributed by atoms with Crippen molar-refractivity contribution in [2.45, 2.75) is 77.6 Å². The quantitative estimate of drug-likeness (QED) is 0.178. The van der Waals surface area contributed by atoms with Crippen molar-refractivity contribution in [3.63, 3.8) is 0 Å². The molecule has 6 aromatic rings. The Balaban J connectivity index is 1.40. The topological polar surface area (TPSA) is 25.6 Å². The van der Waals surface area contributed by atoms with Crippen LogP contribution in [-0.2, 0) is 16.2 Å². The van der Waals surface area contributed by atoms with Gasteiger partial charge < -0.3 is 14.1 Å². The lowest BCUT2D eigenvalue weighted by Gasteiger charge is -2.43. The van der Waals surface area contributed by atoms with E-state index < -0.39 is 0 Å². The number of para-hydroxylation sites is 2. The number of nitrogens with zero attached hydrogens (tertiary/aromatic N) is 1. The van der Waals surface area contributed by atoms with Crippen LogP contribution in [0.5, 0.6) is 11.5 Å². The summed E-state index contributed by atoms with van der Waals surface area (Å²) in [4.78, 5) is 2.50. The summed E-state index contributed by atoms with van der Waals surface area (Å²) < 4.78 is 14.0. The van der Waals surface area contributed by atoms with Crippen LogP contribution in [0.3, 0.4) is 0 Å². The molecule has 1 aliphatic carbocycles. The van der Waals surface area contributed by atoms with Crippen LogP contribution in [0, 0.1) is 0 Å². The normalized spacial score (nSPS) is 16.9. The Kier molecular flexibility index (Phi) is 6.08. The summed E-state index contributed by atoms with van der Waals surface area (Å²) in [5, 5.41) is 1.13. The summed E-state index contributed by atoms with van der Waals surface area (Å²) in [7, 11) is 0. The summed E-state index contributed by atoms with van der Waals surface area (Å²) in [6.07, 6.45) is 2.35. The molecule has 238 valence electrons. The second-order valence-electron chi connectivity index (χ2n) is 16.4. The fourth-order valence-electron chi connectivity index (χ4n) is 8.46. The van der Waals surface area contributed by atoms with Gasteiger partial charge in [-0.25, -0.2) is 0 Å². The molecule has 1 aromatic heterocycles. The highest BCUT2D eigenvalue weighted by atomic mass is 16.5. The van der Waals surface area contributed by atoms with Crippen molar-refractivity contribution in [1.29, 1.82) is 0 Å². The molecule has 0 bridgehead atoms. The number of hydrogen-bond donors (Lipinski definition) is 0. The van der Waals surface area contributed by atoms with Gasteiger partial charge >= 0.3 is 6.71 Å². The van der Waals surface area contributed by atoms with Gasteiger partial charge in [0.2, 0.25) is 0 Å². The first-order valence-electron chi connectivity index (χ1n) is 17.4. The van der Waals surface area contributed by atoms with Crippen molar-refractivity contribution in [3.05, 3.63) is 120 Å². The van der Waals surface area contributed by atoms with Gasteiger partial charge in [-0.15, -0.1) is 0 Å². The molecule has 5 aromatic carbocycles. The maximum atomic E-state index is 7.22. The van der Waals surface area contributed by atoms with Gasteiger partial charge in [-0.3, -0.25) is 0 Å². The Morgan fingerprint density at radius 2 is 1.44 bits per heavy atom. The molecule has 0 spiro atoms. The van der Waals surface area contributed by atoms with Gasteiger partial charge in [-0.1, -0.05) is 115 Å². The number of rotatable bonds is 2. The number of benzene rings is 5. The van der Waals surface area contributed by atoms with Crippen molar-refractivity contribution < 1.29 is 9.15 Å². The van der Waals surface area contributed by atoms with E-state index in [1.807, 2.05) is 0 Å². The Hall–Kier alpha value is -4.70. The van der Waals surface area contributed by atoms with E-state index in [-0.39, 0.29) is 23.0 Å². The summed E-state index contributed by atoms with van der Waals surface area (Å²) in [6.45, 7) is 16.4. The average molecular weight is 628 g/mol. The second kappa shape index (κ2) is 9.92. The van der Waals surface area contributed by atoms with E-state index in [0.29, 0.717) is 0 Å². The van der Waals surface area contributed by atoms with E-state index in [2.05, 4.69) is 156 Å². The zero-order chi connectivity index (χ0) is 33.2. The minimum atomic E-state index is -0.0933. The SMILES string of the molecule is CC(C)(C)c1cc2c3c(c1)N(c1ccc4c(c1)C(C)(C)CCC4(C)C)c1c(oc4c(-c5ccccc5)cccc14)B3c1ccccc1O2. The molecular formula is C44H42BNO2. The predicted octanol–water partition coefficient (Wildman–Crippen LogP) is 10.2. The van der Waals surface area contributed by atoms with Crippen LogP contribution in [0.15, 0.2) is 108 Å². The lowest BCUT2D eigenvalue weighted by Crippen LogP contribution is -2.59. The molecule has 0 fully saturated rings. The summed E-state index contributed by atoms with van der Waals surface area (Å²) >= 11 is 0. The van der Waals surface area contributed by atoms with E-state index in [1.54, 1.807) is 0 Å². The Bertz CT molecular complexity index is 2270. The molecule has 0 amide bonds. The van der Waals surface area contributed by atoms with Crippen LogP contribution in [0.1, 0.15) is 78.0 Å². The van der Waals surface area contributed by atoms with Crippen molar-refractivity contribution >= 4 is 51.3 Å². The smallest absolute Gasteiger partial charge is 0.301 e. The molecule has 48 heavy (non-hydrogen) atoms. The Labute approximate surface area is 284 Å². The molecule has 3 nitrogen and oxygen atoms in total. The fraction of sp³-hybridized carbons (Fsp3) is 0.273. The van der Waals surface area contributed by atoms with Gasteiger partial charge in [0.1, 0.15) is 17.1 Å². The molecule has 3 heterocycles.